The maximum absolute atomic E-state index is 13.7. The molecule has 4 rings (SSSR count). The Kier molecular flexibility index (Phi) is 7.84. The third-order valence-corrected chi connectivity index (χ3v) is 6.64. The Hall–Kier alpha value is -3.52. The summed E-state index contributed by atoms with van der Waals surface area (Å²) >= 11 is 0. The van der Waals surface area contributed by atoms with E-state index in [4.69, 9.17) is 23.4 Å². The molecule has 0 spiro atoms. The third kappa shape index (κ3) is 5.04. The molecule has 0 radical (unpaired) electrons. The quantitative estimate of drug-likeness (QED) is 0.400. The van der Waals surface area contributed by atoms with Crippen molar-refractivity contribution in [2.24, 2.45) is 0 Å². The predicted octanol–water partition coefficient (Wildman–Crippen LogP) is 4.55. The molecule has 36 heavy (non-hydrogen) atoms. The fourth-order valence-electron chi connectivity index (χ4n) is 4.96. The van der Waals surface area contributed by atoms with Crippen molar-refractivity contribution in [3.63, 3.8) is 0 Å². The lowest BCUT2D eigenvalue weighted by Crippen LogP contribution is -2.36. The molecule has 1 aliphatic heterocycles. The van der Waals surface area contributed by atoms with Crippen molar-refractivity contribution in [1.29, 1.82) is 0 Å². The number of ketones is 1. The fraction of sp³-hybridized carbons (Fsp3) is 0.429. The minimum Gasteiger partial charge on any atom is -0.493 e. The van der Waals surface area contributed by atoms with E-state index in [2.05, 4.69) is 5.32 Å². The molecule has 0 bridgehead atoms. The summed E-state index contributed by atoms with van der Waals surface area (Å²) in [6, 6.07) is 9.40. The van der Waals surface area contributed by atoms with Gasteiger partial charge in [-0.15, -0.1) is 0 Å². The number of benzene rings is 1. The number of furan rings is 1. The van der Waals surface area contributed by atoms with Crippen LogP contribution in [-0.4, -0.2) is 45.8 Å². The Morgan fingerprint density at radius 1 is 1.06 bits per heavy atom. The van der Waals surface area contributed by atoms with Gasteiger partial charge in [0, 0.05) is 30.0 Å². The van der Waals surface area contributed by atoms with Crippen LogP contribution in [0.2, 0.25) is 0 Å². The Morgan fingerprint density at radius 3 is 2.50 bits per heavy atom. The number of allylic oxidation sites excluding steroid dienone is 3. The molecule has 1 aromatic carbocycles. The van der Waals surface area contributed by atoms with Crippen molar-refractivity contribution >= 4 is 11.8 Å². The zero-order valence-electron chi connectivity index (χ0n) is 21.4. The molecule has 1 aromatic heterocycles. The summed E-state index contributed by atoms with van der Waals surface area (Å²) in [7, 11) is 3.19. The summed E-state index contributed by atoms with van der Waals surface area (Å²) in [6.07, 6.45) is 0.911. The monoisotopic (exact) mass is 495 g/mol. The molecule has 8 heteroatoms. The molecular formula is C28H33NO7. The first-order chi connectivity index (χ1) is 17.4. The maximum atomic E-state index is 13.7. The Labute approximate surface area is 211 Å². The van der Waals surface area contributed by atoms with Crippen molar-refractivity contribution in [3.8, 4) is 11.5 Å². The Balaban J connectivity index is 1.68. The van der Waals surface area contributed by atoms with E-state index in [1.807, 2.05) is 51.1 Å². The van der Waals surface area contributed by atoms with Crippen LogP contribution in [0.15, 0.2) is 57.3 Å². The molecular weight excluding hydrogens is 462 g/mol. The van der Waals surface area contributed by atoms with Crippen molar-refractivity contribution in [1.82, 2.24) is 5.32 Å². The van der Waals surface area contributed by atoms with E-state index in [0.29, 0.717) is 65.9 Å². The molecule has 192 valence electrons. The van der Waals surface area contributed by atoms with Crippen LogP contribution >= 0.6 is 0 Å². The van der Waals surface area contributed by atoms with E-state index >= 15 is 0 Å². The smallest absolute Gasteiger partial charge is 0.336 e. The molecule has 2 atom stereocenters. The van der Waals surface area contributed by atoms with E-state index in [9.17, 15) is 9.59 Å². The molecule has 2 aliphatic rings. The lowest BCUT2D eigenvalue weighted by Gasteiger charge is -2.35. The van der Waals surface area contributed by atoms with Crippen LogP contribution < -0.4 is 14.8 Å². The zero-order chi connectivity index (χ0) is 25.8. The standard InChI is InChI=1S/C28H33NO7/c1-6-34-11-12-35-28(31)25-17(3)29-20-13-19(18-8-10-22(32-4)24(15-18)33-5)14-21(30)26(20)27(25)23-9-7-16(2)36-23/h7-10,15,19,27,29H,6,11-14H2,1-5H3/t19-,27+/m0/s1. The zero-order valence-corrected chi connectivity index (χ0v) is 21.4. The lowest BCUT2D eigenvalue weighted by molar-refractivity contribution is -0.141. The van der Waals surface area contributed by atoms with Crippen LogP contribution in [0.5, 0.6) is 11.5 Å². The number of hydrogen-bond donors (Lipinski definition) is 1. The first-order valence-corrected chi connectivity index (χ1v) is 12.1. The molecule has 0 amide bonds. The molecule has 1 N–H and O–H groups in total. The summed E-state index contributed by atoms with van der Waals surface area (Å²) in [4.78, 5) is 26.8. The number of carbonyl (C=O) groups is 2. The molecule has 8 nitrogen and oxygen atoms in total. The highest BCUT2D eigenvalue weighted by Crippen LogP contribution is 2.46. The number of hydrogen-bond acceptors (Lipinski definition) is 8. The van der Waals surface area contributed by atoms with Gasteiger partial charge in [-0.3, -0.25) is 4.79 Å². The van der Waals surface area contributed by atoms with Crippen LogP contribution in [0.3, 0.4) is 0 Å². The minimum atomic E-state index is -0.631. The van der Waals surface area contributed by atoms with Crippen LogP contribution in [0, 0.1) is 6.92 Å². The van der Waals surface area contributed by atoms with E-state index < -0.39 is 11.9 Å². The average molecular weight is 496 g/mol. The van der Waals surface area contributed by atoms with E-state index in [-0.39, 0.29) is 18.3 Å². The second kappa shape index (κ2) is 11.0. The minimum absolute atomic E-state index is 0.0327. The third-order valence-electron chi connectivity index (χ3n) is 6.64. The van der Waals surface area contributed by atoms with Gasteiger partial charge in [-0.1, -0.05) is 6.07 Å². The molecule has 0 fully saturated rings. The first kappa shape index (κ1) is 25.6. The lowest BCUT2D eigenvalue weighted by atomic mass is 9.73. The van der Waals surface area contributed by atoms with Crippen LogP contribution in [0.1, 0.15) is 55.6 Å². The molecule has 0 unspecified atom stereocenters. The highest BCUT2D eigenvalue weighted by atomic mass is 16.6. The molecule has 0 saturated heterocycles. The van der Waals surface area contributed by atoms with Gasteiger partial charge in [-0.05, 0) is 62.9 Å². The normalized spacial score (nSPS) is 19.6. The van der Waals surface area contributed by atoms with E-state index in [1.165, 1.54) is 0 Å². The van der Waals surface area contributed by atoms with Gasteiger partial charge in [0.25, 0.3) is 0 Å². The number of rotatable bonds is 9. The van der Waals surface area contributed by atoms with Gasteiger partial charge in [0.2, 0.25) is 0 Å². The number of esters is 1. The van der Waals surface area contributed by atoms with Crippen LogP contribution in [0.4, 0.5) is 0 Å². The van der Waals surface area contributed by atoms with Gasteiger partial charge in [0.1, 0.15) is 18.1 Å². The van der Waals surface area contributed by atoms with E-state index in [1.54, 1.807) is 14.2 Å². The number of nitrogens with one attached hydrogen (secondary N) is 1. The van der Waals surface area contributed by atoms with E-state index in [0.717, 1.165) is 11.3 Å². The highest BCUT2D eigenvalue weighted by molar-refractivity contribution is 6.04. The van der Waals surface area contributed by atoms with Crippen molar-refractivity contribution < 1.29 is 33.0 Å². The second-order valence-corrected chi connectivity index (χ2v) is 8.91. The van der Waals surface area contributed by atoms with Gasteiger partial charge in [-0.25, -0.2) is 4.79 Å². The van der Waals surface area contributed by atoms with Gasteiger partial charge in [0.05, 0.1) is 32.3 Å². The van der Waals surface area contributed by atoms with Crippen LogP contribution in [-0.2, 0) is 19.1 Å². The largest absolute Gasteiger partial charge is 0.493 e. The topological polar surface area (TPSA) is 96.2 Å². The number of aryl methyl sites for hydroxylation is 1. The van der Waals surface area contributed by atoms with Gasteiger partial charge in [0.15, 0.2) is 17.3 Å². The van der Waals surface area contributed by atoms with Gasteiger partial charge >= 0.3 is 5.97 Å². The number of Topliss-reactive ketones (excluding diaryl/α,β-unsaturated/α-hetero) is 1. The van der Waals surface area contributed by atoms with Gasteiger partial charge < -0.3 is 28.7 Å². The summed E-state index contributed by atoms with van der Waals surface area (Å²) in [5.41, 5.74) is 3.38. The summed E-state index contributed by atoms with van der Waals surface area (Å²) in [5.74, 6) is 1.32. The molecule has 0 saturated carbocycles. The summed E-state index contributed by atoms with van der Waals surface area (Å²) < 4.78 is 27.6. The maximum Gasteiger partial charge on any atom is 0.336 e. The molecule has 2 heterocycles. The number of carbonyl (C=O) groups excluding carboxylic acids is 2. The Morgan fingerprint density at radius 2 is 1.83 bits per heavy atom. The number of ether oxygens (including phenoxy) is 4. The van der Waals surface area contributed by atoms with Crippen molar-refractivity contribution in [3.05, 3.63) is 70.0 Å². The van der Waals surface area contributed by atoms with Crippen LogP contribution in [0.25, 0.3) is 0 Å². The SMILES string of the molecule is CCOCCOC(=O)C1=C(C)NC2=C(C(=O)C[C@@H](c3ccc(OC)c(OC)c3)C2)[C@@H]1c1ccc(C)o1. The summed E-state index contributed by atoms with van der Waals surface area (Å²) in [5, 5.41) is 3.35. The predicted molar refractivity (Wildman–Crippen MR) is 133 cm³/mol. The number of dihydropyridines is 1. The second-order valence-electron chi connectivity index (χ2n) is 8.91. The number of methoxy groups -OCH3 is 2. The molecule has 2 aromatic rings. The summed E-state index contributed by atoms with van der Waals surface area (Å²) in [6.45, 7) is 6.54. The van der Waals surface area contributed by atoms with Gasteiger partial charge in [-0.2, -0.15) is 0 Å². The Bertz CT molecular complexity index is 1210. The average Bonchev–Trinajstić information content (AvgIpc) is 3.30. The van der Waals surface area contributed by atoms with Crippen molar-refractivity contribution in [2.45, 2.75) is 45.4 Å². The first-order valence-electron chi connectivity index (χ1n) is 12.1. The highest BCUT2D eigenvalue weighted by Gasteiger charge is 2.42. The molecule has 1 aliphatic carbocycles. The fourth-order valence-corrected chi connectivity index (χ4v) is 4.96. The van der Waals surface area contributed by atoms with Crippen molar-refractivity contribution in [2.75, 3.05) is 34.0 Å².